The summed E-state index contributed by atoms with van der Waals surface area (Å²) in [4.78, 5) is 5.23. The molecule has 0 spiro atoms. The number of aliphatic hydroxyl groups is 1. The SMILES string of the molecule is CC(C)c1cc2c(c3ccccc13)C(C)(CCO)C(C)(C)[n+]1cnc3c(c1-2)C(C)(C)c1cc2ccccc2cc1-3. The first-order chi connectivity index (χ1) is 19.0. The van der Waals surface area contributed by atoms with Gasteiger partial charge >= 0.3 is 0 Å². The average molecular weight is 528 g/mol. The third kappa shape index (κ3) is 3.05. The van der Waals surface area contributed by atoms with E-state index in [1.807, 2.05) is 0 Å². The van der Waals surface area contributed by atoms with Gasteiger partial charge in [-0.25, -0.2) is 4.57 Å². The Morgan fingerprint density at radius 1 is 0.800 bits per heavy atom. The molecule has 2 aliphatic rings. The zero-order valence-electron chi connectivity index (χ0n) is 24.8. The van der Waals surface area contributed by atoms with Crippen molar-refractivity contribution in [2.45, 2.75) is 77.2 Å². The highest BCUT2D eigenvalue weighted by atomic mass is 16.3. The Kier molecular flexibility index (Phi) is 5.23. The van der Waals surface area contributed by atoms with E-state index in [0.29, 0.717) is 12.3 Å². The summed E-state index contributed by atoms with van der Waals surface area (Å²) in [7, 11) is 0. The van der Waals surface area contributed by atoms with Gasteiger partial charge in [-0.15, -0.1) is 0 Å². The predicted octanol–water partition coefficient (Wildman–Crippen LogP) is 8.16. The van der Waals surface area contributed by atoms with Crippen LogP contribution in [0.15, 0.2) is 73.1 Å². The minimum Gasteiger partial charge on any atom is -0.396 e. The zero-order valence-corrected chi connectivity index (χ0v) is 24.8. The molecule has 0 amide bonds. The van der Waals surface area contributed by atoms with Crippen LogP contribution in [-0.2, 0) is 16.4 Å². The molecule has 0 saturated carbocycles. The smallest absolute Gasteiger partial charge is 0.287 e. The van der Waals surface area contributed by atoms with Gasteiger partial charge in [-0.3, -0.25) is 0 Å². The Morgan fingerprint density at radius 2 is 1.45 bits per heavy atom. The maximum absolute atomic E-state index is 10.4. The molecule has 7 rings (SSSR count). The summed E-state index contributed by atoms with van der Waals surface area (Å²) in [6.07, 6.45) is 2.76. The lowest BCUT2D eigenvalue weighted by atomic mass is 9.60. The summed E-state index contributed by atoms with van der Waals surface area (Å²) in [6, 6.07) is 24.8. The monoisotopic (exact) mass is 527 g/mol. The van der Waals surface area contributed by atoms with Crippen molar-refractivity contribution in [1.82, 2.24) is 4.98 Å². The molecule has 4 aromatic carbocycles. The van der Waals surface area contributed by atoms with Crippen molar-refractivity contribution in [1.29, 1.82) is 0 Å². The molecule has 1 aliphatic heterocycles. The van der Waals surface area contributed by atoms with Crippen molar-refractivity contribution in [2.75, 3.05) is 6.61 Å². The fraction of sp³-hybridized carbons (Fsp3) is 0.351. The van der Waals surface area contributed by atoms with Gasteiger partial charge in [-0.2, -0.15) is 0 Å². The lowest BCUT2D eigenvalue weighted by Crippen LogP contribution is -2.67. The Morgan fingerprint density at radius 3 is 2.12 bits per heavy atom. The zero-order chi connectivity index (χ0) is 28.2. The molecule has 5 aromatic rings. The van der Waals surface area contributed by atoms with Gasteiger partial charge in [0, 0.05) is 28.6 Å². The number of aliphatic hydroxyl groups excluding tert-OH is 1. The van der Waals surface area contributed by atoms with Gasteiger partial charge in [0.1, 0.15) is 11.2 Å². The number of rotatable bonds is 3. The number of nitrogens with zero attached hydrogens (tertiary/aromatic N) is 2. The molecule has 3 heteroatoms. The molecular formula is C37H39N2O+. The third-order valence-corrected chi connectivity index (χ3v) is 10.5. The first kappa shape index (κ1) is 25.4. The van der Waals surface area contributed by atoms with E-state index in [1.165, 1.54) is 60.6 Å². The first-order valence-corrected chi connectivity index (χ1v) is 14.7. The molecule has 1 atom stereocenters. The van der Waals surface area contributed by atoms with Crippen molar-refractivity contribution in [3.8, 4) is 22.5 Å². The minimum absolute atomic E-state index is 0.136. The number of aromatic nitrogens is 2. The van der Waals surface area contributed by atoms with Crippen molar-refractivity contribution in [2.24, 2.45) is 0 Å². The first-order valence-electron chi connectivity index (χ1n) is 14.7. The second-order valence-electron chi connectivity index (χ2n) is 13.5. The van der Waals surface area contributed by atoms with E-state index >= 15 is 0 Å². The Bertz CT molecular complexity index is 1860. The Labute approximate surface area is 237 Å². The largest absolute Gasteiger partial charge is 0.396 e. The summed E-state index contributed by atoms with van der Waals surface area (Å²) >= 11 is 0. The van der Waals surface area contributed by atoms with Crippen LogP contribution in [0.2, 0.25) is 0 Å². The number of fused-ring (bicyclic) bond motifs is 10. The molecule has 2 heterocycles. The molecule has 0 fully saturated rings. The van der Waals surface area contributed by atoms with Gasteiger partial charge in [0.15, 0.2) is 5.69 Å². The highest BCUT2D eigenvalue weighted by molar-refractivity contribution is 5.98. The van der Waals surface area contributed by atoms with Crippen molar-refractivity contribution in [3.05, 3.63) is 95.3 Å². The lowest BCUT2D eigenvalue weighted by molar-refractivity contribution is -0.763. The number of hydrogen-bond acceptors (Lipinski definition) is 2. The Balaban J connectivity index is 1.66. The molecule has 1 unspecified atom stereocenters. The molecule has 202 valence electrons. The van der Waals surface area contributed by atoms with E-state index in [-0.39, 0.29) is 23.0 Å². The van der Waals surface area contributed by atoms with Gasteiger partial charge in [-0.1, -0.05) is 83.1 Å². The predicted molar refractivity (Wildman–Crippen MR) is 165 cm³/mol. The van der Waals surface area contributed by atoms with Crippen LogP contribution >= 0.6 is 0 Å². The fourth-order valence-electron chi connectivity index (χ4n) is 7.93. The molecule has 0 bridgehead atoms. The van der Waals surface area contributed by atoms with Crippen molar-refractivity contribution in [3.63, 3.8) is 0 Å². The van der Waals surface area contributed by atoms with Crippen LogP contribution < -0.4 is 4.57 Å². The summed E-state index contributed by atoms with van der Waals surface area (Å²) in [5.74, 6) is 0.382. The summed E-state index contributed by atoms with van der Waals surface area (Å²) in [5.41, 5.74) is 9.46. The van der Waals surface area contributed by atoms with Crippen molar-refractivity contribution < 1.29 is 9.67 Å². The lowest BCUT2D eigenvalue weighted by Gasteiger charge is -2.48. The number of benzene rings is 4. The van der Waals surface area contributed by atoms with Crippen LogP contribution in [0, 0.1) is 0 Å². The van der Waals surface area contributed by atoms with Gasteiger partial charge in [0.25, 0.3) is 6.33 Å². The van der Waals surface area contributed by atoms with Crippen LogP contribution in [0.3, 0.4) is 0 Å². The molecule has 3 nitrogen and oxygen atoms in total. The third-order valence-electron chi connectivity index (χ3n) is 10.5. The molecule has 1 aromatic heterocycles. The van der Waals surface area contributed by atoms with Crippen LogP contribution in [-0.4, -0.2) is 16.7 Å². The van der Waals surface area contributed by atoms with E-state index in [2.05, 4.69) is 126 Å². The second kappa shape index (κ2) is 8.24. The Hall–Kier alpha value is -3.56. The van der Waals surface area contributed by atoms with Gasteiger partial charge in [-0.05, 0) is 87.6 Å². The van der Waals surface area contributed by atoms with Gasteiger partial charge in [0.2, 0.25) is 0 Å². The molecule has 1 N–H and O–H groups in total. The molecule has 0 radical (unpaired) electrons. The summed E-state index contributed by atoms with van der Waals surface area (Å²) in [5, 5.41) is 15.6. The fourth-order valence-corrected chi connectivity index (χ4v) is 7.93. The molecule has 1 aliphatic carbocycles. The highest BCUT2D eigenvalue weighted by Crippen LogP contribution is 2.57. The summed E-state index contributed by atoms with van der Waals surface area (Å²) < 4.78 is 2.44. The highest BCUT2D eigenvalue weighted by Gasteiger charge is 2.56. The van der Waals surface area contributed by atoms with Crippen LogP contribution in [0.4, 0.5) is 0 Å². The normalized spacial score (nSPS) is 19.9. The van der Waals surface area contributed by atoms with E-state index in [0.717, 1.165) is 5.69 Å². The minimum atomic E-state index is -0.322. The van der Waals surface area contributed by atoms with E-state index < -0.39 is 0 Å². The molecule has 0 saturated heterocycles. The summed E-state index contributed by atoms with van der Waals surface area (Å²) in [6.45, 7) is 16.5. The van der Waals surface area contributed by atoms with E-state index in [1.54, 1.807) is 0 Å². The van der Waals surface area contributed by atoms with E-state index in [4.69, 9.17) is 4.98 Å². The van der Waals surface area contributed by atoms with Crippen LogP contribution in [0.5, 0.6) is 0 Å². The van der Waals surface area contributed by atoms with E-state index in [9.17, 15) is 5.11 Å². The topological polar surface area (TPSA) is 37.0 Å². The second-order valence-corrected chi connectivity index (χ2v) is 13.5. The van der Waals surface area contributed by atoms with Crippen LogP contribution in [0.1, 0.15) is 83.1 Å². The quantitative estimate of drug-likeness (QED) is 0.240. The molecule has 40 heavy (non-hydrogen) atoms. The van der Waals surface area contributed by atoms with Crippen molar-refractivity contribution >= 4 is 21.5 Å². The standard InChI is InChI=1S/C37H39N2O/c1-22(2)27-20-29-31(26-15-11-10-14-25(26)27)37(7,16-17-40)36(5,6)39-21-38-33-28-18-23-12-8-9-13-24(23)19-30(28)35(3,4)32(33)34(29)39/h8-15,18-22,40H,16-17H2,1-7H3/q+1. The maximum atomic E-state index is 10.4. The maximum Gasteiger partial charge on any atom is 0.287 e. The van der Waals surface area contributed by atoms with Gasteiger partial charge < -0.3 is 5.11 Å². The number of hydrogen-bond donors (Lipinski definition) is 1. The van der Waals surface area contributed by atoms with Gasteiger partial charge in [0.05, 0.1) is 5.56 Å². The molecular weight excluding hydrogens is 488 g/mol. The average Bonchev–Trinajstić information content (AvgIpc) is 3.15. The van der Waals surface area contributed by atoms with Crippen LogP contribution in [0.25, 0.3) is 44.1 Å².